The predicted octanol–water partition coefficient (Wildman–Crippen LogP) is 3.73. The number of likely N-dealkylation sites (tertiary alicyclic amines) is 1. The van der Waals surface area contributed by atoms with Crippen LogP contribution in [0.1, 0.15) is 42.1 Å². The van der Waals surface area contributed by atoms with Crippen molar-refractivity contribution in [3.8, 4) is 0 Å². The zero-order valence-corrected chi connectivity index (χ0v) is 13.0. The minimum Gasteiger partial charge on any atom is -0.387 e. The van der Waals surface area contributed by atoms with Crippen LogP contribution in [0.5, 0.6) is 0 Å². The number of benzene rings is 2. The second-order valence-corrected chi connectivity index (χ2v) is 6.77. The first kappa shape index (κ1) is 14.0. The topological polar surface area (TPSA) is 23.5 Å². The van der Waals surface area contributed by atoms with Gasteiger partial charge in [-0.3, -0.25) is 4.90 Å². The summed E-state index contributed by atoms with van der Waals surface area (Å²) in [7, 11) is 0. The highest BCUT2D eigenvalue weighted by Crippen LogP contribution is 2.48. The molecule has 2 heteroatoms. The van der Waals surface area contributed by atoms with E-state index in [-0.39, 0.29) is 12.1 Å². The van der Waals surface area contributed by atoms with Crippen molar-refractivity contribution in [1.29, 1.82) is 0 Å². The maximum Gasteiger partial charge on any atom is 0.0950 e. The first-order chi connectivity index (χ1) is 10.8. The Kier molecular flexibility index (Phi) is 3.51. The van der Waals surface area contributed by atoms with E-state index in [9.17, 15) is 5.11 Å². The van der Waals surface area contributed by atoms with Gasteiger partial charge in [0, 0.05) is 12.6 Å². The van der Waals surface area contributed by atoms with Crippen LogP contribution >= 0.6 is 0 Å². The third-order valence-electron chi connectivity index (χ3n) is 5.59. The summed E-state index contributed by atoms with van der Waals surface area (Å²) >= 11 is 0. The Labute approximate surface area is 132 Å². The maximum absolute atomic E-state index is 10.9. The molecule has 2 aromatic rings. The Balaban J connectivity index is 1.67. The van der Waals surface area contributed by atoms with Gasteiger partial charge < -0.3 is 5.11 Å². The smallest absolute Gasteiger partial charge is 0.0950 e. The SMILES string of the molecule is C[C@@H]1[C@@H]2[C@H](O)c3ccccc3[C@H]1CCN2Cc1ccccc1. The van der Waals surface area contributed by atoms with E-state index in [2.05, 4.69) is 66.4 Å². The molecule has 1 aliphatic heterocycles. The van der Waals surface area contributed by atoms with Gasteiger partial charge >= 0.3 is 0 Å². The van der Waals surface area contributed by atoms with Gasteiger partial charge in [-0.2, -0.15) is 0 Å². The maximum atomic E-state index is 10.9. The number of nitrogens with zero attached hydrogens (tertiary/aromatic N) is 1. The molecule has 0 spiro atoms. The molecule has 0 unspecified atom stereocenters. The molecule has 0 radical (unpaired) electrons. The lowest BCUT2D eigenvalue weighted by Crippen LogP contribution is -2.52. The molecule has 1 aliphatic carbocycles. The fraction of sp³-hybridized carbons (Fsp3) is 0.400. The standard InChI is InChI=1S/C20H23NO/c1-14-16-11-12-21(13-15-7-3-2-4-8-15)19(14)20(22)18-10-6-5-9-17(16)18/h2-10,14,16,19-20,22H,11-13H2,1H3/t14-,16-,19+,20+/m0/s1. The van der Waals surface area contributed by atoms with E-state index < -0.39 is 0 Å². The van der Waals surface area contributed by atoms with E-state index in [1.54, 1.807) is 0 Å². The quantitative estimate of drug-likeness (QED) is 0.912. The van der Waals surface area contributed by atoms with E-state index in [1.165, 1.54) is 17.5 Å². The van der Waals surface area contributed by atoms with Gasteiger partial charge in [0.1, 0.15) is 0 Å². The Hall–Kier alpha value is -1.64. The van der Waals surface area contributed by atoms with Crippen molar-refractivity contribution in [2.45, 2.75) is 38.0 Å². The molecular weight excluding hydrogens is 270 g/mol. The van der Waals surface area contributed by atoms with Gasteiger partial charge in [0.25, 0.3) is 0 Å². The molecule has 0 amide bonds. The van der Waals surface area contributed by atoms with Crippen LogP contribution in [0.2, 0.25) is 0 Å². The Morgan fingerprint density at radius 3 is 2.45 bits per heavy atom. The van der Waals surface area contributed by atoms with Crippen molar-refractivity contribution in [3.63, 3.8) is 0 Å². The van der Waals surface area contributed by atoms with Crippen LogP contribution in [0.25, 0.3) is 0 Å². The molecular formula is C20H23NO. The molecule has 1 heterocycles. The third-order valence-corrected chi connectivity index (χ3v) is 5.59. The van der Waals surface area contributed by atoms with Crippen LogP contribution in [0, 0.1) is 5.92 Å². The average molecular weight is 293 g/mol. The van der Waals surface area contributed by atoms with E-state index >= 15 is 0 Å². The van der Waals surface area contributed by atoms with E-state index in [0.717, 1.165) is 18.7 Å². The molecule has 114 valence electrons. The number of aliphatic hydroxyl groups is 1. The second kappa shape index (κ2) is 5.53. The van der Waals surface area contributed by atoms with Gasteiger partial charge in [0.15, 0.2) is 0 Å². The highest BCUT2D eigenvalue weighted by atomic mass is 16.3. The zero-order chi connectivity index (χ0) is 15.1. The van der Waals surface area contributed by atoms with Gasteiger partial charge in [-0.15, -0.1) is 0 Å². The minimum absolute atomic E-state index is 0.230. The lowest BCUT2D eigenvalue weighted by molar-refractivity contribution is -0.0309. The van der Waals surface area contributed by atoms with E-state index in [0.29, 0.717) is 11.8 Å². The van der Waals surface area contributed by atoms with Crippen LogP contribution < -0.4 is 0 Å². The first-order valence-electron chi connectivity index (χ1n) is 8.30. The lowest BCUT2D eigenvalue weighted by atomic mass is 9.67. The summed E-state index contributed by atoms with van der Waals surface area (Å²) in [6.45, 7) is 4.31. The molecule has 0 aromatic heterocycles. The summed E-state index contributed by atoms with van der Waals surface area (Å²) < 4.78 is 0. The van der Waals surface area contributed by atoms with Crippen LogP contribution in [-0.2, 0) is 6.54 Å². The van der Waals surface area contributed by atoms with E-state index in [4.69, 9.17) is 0 Å². The molecule has 0 saturated carbocycles. The van der Waals surface area contributed by atoms with Crippen molar-refractivity contribution >= 4 is 0 Å². The number of aliphatic hydroxyl groups excluding tert-OH is 1. The fourth-order valence-corrected chi connectivity index (χ4v) is 4.52. The van der Waals surface area contributed by atoms with Gasteiger partial charge in [-0.1, -0.05) is 61.5 Å². The number of fused-ring (bicyclic) bond motifs is 4. The number of hydrogen-bond acceptors (Lipinski definition) is 2. The van der Waals surface area contributed by atoms with Gasteiger partial charge in [-0.05, 0) is 41.5 Å². The molecule has 2 bridgehead atoms. The van der Waals surface area contributed by atoms with Crippen molar-refractivity contribution in [2.24, 2.45) is 5.92 Å². The average Bonchev–Trinajstić information content (AvgIpc) is 2.55. The zero-order valence-electron chi connectivity index (χ0n) is 13.0. The summed E-state index contributed by atoms with van der Waals surface area (Å²) in [6, 6.07) is 19.3. The molecule has 1 fully saturated rings. The predicted molar refractivity (Wildman–Crippen MR) is 88.6 cm³/mol. The van der Waals surface area contributed by atoms with Gasteiger partial charge in [0.05, 0.1) is 6.10 Å². The molecule has 2 aromatic carbocycles. The number of rotatable bonds is 2. The molecule has 1 saturated heterocycles. The fourth-order valence-electron chi connectivity index (χ4n) is 4.52. The van der Waals surface area contributed by atoms with Crippen molar-refractivity contribution in [2.75, 3.05) is 6.54 Å². The van der Waals surface area contributed by atoms with Crippen LogP contribution in [-0.4, -0.2) is 22.6 Å². The largest absolute Gasteiger partial charge is 0.387 e. The normalized spacial score (nSPS) is 30.8. The van der Waals surface area contributed by atoms with Crippen LogP contribution in [0.15, 0.2) is 54.6 Å². The number of hydrogen-bond donors (Lipinski definition) is 1. The Morgan fingerprint density at radius 2 is 1.68 bits per heavy atom. The summed E-state index contributed by atoms with van der Waals surface area (Å²) in [5.41, 5.74) is 3.85. The van der Waals surface area contributed by atoms with Crippen LogP contribution in [0.3, 0.4) is 0 Å². The highest BCUT2D eigenvalue weighted by Gasteiger charge is 2.45. The van der Waals surface area contributed by atoms with Gasteiger partial charge in [-0.25, -0.2) is 0 Å². The number of piperidine rings is 1. The minimum atomic E-state index is -0.369. The molecule has 4 atom stereocenters. The molecule has 2 aliphatic rings. The van der Waals surface area contributed by atoms with Crippen molar-refractivity contribution in [3.05, 3.63) is 71.3 Å². The Bertz CT molecular complexity index is 654. The van der Waals surface area contributed by atoms with Crippen LogP contribution in [0.4, 0.5) is 0 Å². The first-order valence-corrected chi connectivity index (χ1v) is 8.30. The van der Waals surface area contributed by atoms with Crippen molar-refractivity contribution in [1.82, 2.24) is 4.90 Å². The lowest BCUT2D eigenvalue weighted by Gasteiger charge is -2.51. The summed E-state index contributed by atoms with van der Waals surface area (Å²) in [6.07, 6.45) is 0.820. The molecule has 22 heavy (non-hydrogen) atoms. The highest BCUT2D eigenvalue weighted by molar-refractivity contribution is 5.38. The monoisotopic (exact) mass is 293 g/mol. The summed E-state index contributed by atoms with van der Waals surface area (Å²) in [5.74, 6) is 1.10. The Morgan fingerprint density at radius 1 is 1.00 bits per heavy atom. The summed E-state index contributed by atoms with van der Waals surface area (Å²) in [4.78, 5) is 2.48. The molecule has 2 nitrogen and oxygen atoms in total. The summed E-state index contributed by atoms with van der Waals surface area (Å²) in [5, 5.41) is 10.9. The van der Waals surface area contributed by atoms with Crippen molar-refractivity contribution < 1.29 is 5.11 Å². The molecule has 4 rings (SSSR count). The van der Waals surface area contributed by atoms with E-state index in [1.807, 2.05) is 0 Å². The third kappa shape index (κ3) is 2.18. The molecule has 1 N–H and O–H groups in total. The second-order valence-electron chi connectivity index (χ2n) is 6.77. The van der Waals surface area contributed by atoms with Gasteiger partial charge in [0.2, 0.25) is 0 Å².